The summed E-state index contributed by atoms with van der Waals surface area (Å²) in [6.07, 6.45) is 1.94. The van der Waals surface area contributed by atoms with Crippen molar-refractivity contribution in [3.05, 3.63) is 59.7 Å². The van der Waals surface area contributed by atoms with Crippen molar-refractivity contribution < 1.29 is 9.47 Å². The van der Waals surface area contributed by atoms with Gasteiger partial charge < -0.3 is 14.9 Å². The quantitative estimate of drug-likeness (QED) is 0.627. The largest absolute Gasteiger partial charge is 0.496 e. The molecule has 0 saturated carbocycles. The average Bonchev–Trinajstić information content (AvgIpc) is 2.51. The SMILES string of the molecule is COc1ccccc1CN/N=C/c1cccc(OC(C)C)c1. The lowest BCUT2D eigenvalue weighted by Gasteiger charge is -2.09. The Labute approximate surface area is 131 Å². The molecule has 1 N–H and O–H groups in total. The first-order valence-electron chi connectivity index (χ1n) is 7.33. The van der Waals surface area contributed by atoms with Crippen molar-refractivity contribution >= 4 is 6.21 Å². The van der Waals surface area contributed by atoms with Crippen molar-refractivity contribution in [3.63, 3.8) is 0 Å². The molecule has 4 nitrogen and oxygen atoms in total. The number of methoxy groups -OCH3 is 1. The molecule has 0 aliphatic carbocycles. The molecule has 0 bridgehead atoms. The van der Waals surface area contributed by atoms with Gasteiger partial charge in [-0.05, 0) is 37.6 Å². The third kappa shape index (κ3) is 4.81. The maximum atomic E-state index is 5.66. The molecule has 0 heterocycles. The van der Waals surface area contributed by atoms with E-state index in [1.54, 1.807) is 13.3 Å². The van der Waals surface area contributed by atoms with E-state index >= 15 is 0 Å². The average molecular weight is 298 g/mol. The predicted molar refractivity (Wildman–Crippen MR) is 89.6 cm³/mol. The lowest BCUT2D eigenvalue weighted by Crippen LogP contribution is -2.07. The van der Waals surface area contributed by atoms with Crippen LogP contribution < -0.4 is 14.9 Å². The van der Waals surface area contributed by atoms with Crippen molar-refractivity contribution in [1.29, 1.82) is 0 Å². The van der Waals surface area contributed by atoms with Crippen LogP contribution in [0.3, 0.4) is 0 Å². The van der Waals surface area contributed by atoms with Crippen LogP contribution in [0.2, 0.25) is 0 Å². The second kappa shape index (κ2) is 8.08. The van der Waals surface area contributed by atoms with Crippen LogP contribution in [0.4, 0.5) is 0 Å². The van der Waals surface area contributed by atoms with E-state index in [1.807, 2.05) is 62.4 Å². The van der Waals surface area contributed by atoms with E-state index in [-0.39, 0.29) is 6.10 Å². The zero-order chi connectivity index (χ0) is 15.8. The topological polar surface area (TPSA) is 42.8 Å². The molecule has 0 aromatic heterocycles. The third-order valence-electron chi connectivity index (χ3n) is 3.00. The second-order valence-corrected chi connectivity index (χ2v) is 5.14. The van der Waals surface area contributed by atoms with Crippen molar-refractivity contribution in [1.82, 2.24) is 5.43 Å². The monoisotopic (exact) mass is 298 g/mol. The van der Waals surface area contributed by atoms with Crippen LogP contribution >= 0.6 is 0 Å². The summed E-state index contributed by atoms with van der Waals surface area (Å²) in [6.45, 7) is 4.63. The highest BCUT2D eigenvalue weighted by molar-refractivity contribution is 5.79. The van der Waals surface area contributed by atoms with E-state index in [2.05, 4.69) is 10.5 Å². The Morgan fingerprint density at radius 1 is 1.14 bits per heavy atom. The van der Waals surface area contributed by atoms with Gasteiger partial charge in [-0.2, -0.15) is 5.10 Å². The molecule has 0 amide bonds. The smallest absolute Gasteiger partial charge is 0.123 e. The first-order chi connectivity index (χ1) is 10.7. The summed E-state index contributed by atoms with van der Waals surface area (Å²) in [7, 11) is 1.67. The highest BCUT2D eigenvalue weighted by Gasteiger charge is 2.00. The summed E-state index contributed by atoms with van der Waals surface area (Å²) in [6, 6.07) is 15.7. The van der Waals surface area contributed by atoms with Crippen LogP contribution in [0, 0.1) is 0 Å². The number of rotatable bonds is 7. The number of nitrogens with one attached hydrogen (secondary N) is 1. The fourth-order valence-corrected chi connectivity index (χ4v) is 2.04. The fourth-order valence-electron chi connectivity index (χ4n) is 2.04. The third-order valence-corrected chi connectivity index (χ3v) is 3.00. The van der Waals surface area contributed by atoms with Gasteiger partial charge >= 0.3 is 0 Å². The van der Waals surface area contributed by atoms with Gasteiger partial charge in [0, 0.05) is 5.56 Å². The van der Waals surface area contributed by atoms with Gasteiger partial charge in [0.25, 0.3) is 0 Å². The molecule has 2 aromatic carbocycles. The molecule has 0 unspecified atom stereocenters. The van der Waals surface area contributed by atoms with Crippen LogP contribution in [0.25, 0.3) is 0 Å². The highest BCUT2D eigenvalue weighted by atomic mass is 16.5. The minimum absolute atomic E-state index is 0.163. The molecular formula is C18H22N2O2. The number of benzene rings is 2. The van der Waals surface area contributed by atoms with Crippen molar-refractivity contribution in [3.8, 4) is 11.5 Å². The molecule has 0 radical (unpaired) electrons. The van der Waals surface area contributed by atoms with Crippen LogP contribution in [-0.2, 0) is 6.54 Å². The number of nitrogens with zero attached hydrogens (tertiary/aromatic N) is 1. The summed E-state index contributed by atoms with van der Waals surface area (Å²) < 4.78 is 11.0. The Bertz CT molecular complexity index is 624. The lowest BCUT2D eigenvalue weighted by atomic mass is 10.2. The first-order valence-corrected chi connectivity index (χ1v) is 7.33. The van der Waals surface area contributed by atoms with Crippen LogP contribution in [0.5, 0.6) is 11.5 Å². The first kappa shape index (κ1) is 15.9. The van der Waals surface area contributed by atoms with E-state index < -0.39 is 0 Å². The normalized spacial score (nSPS) is 10.9. The molecule has 22 heavy (non-hydrogen) atoms. The summed E-state index contributed by atoms with van der Waals surface area (Å²) in [5.74, 6) is 1.71. The van der Waals surface area contributed by atoms with E-state index in [9.17, 15) is 0 Å². The van der Waals surface area contributed by atoms with E-state index in [4.69, 9.17) is 9.47 Å². The zero-order valence-corrected chi connectivity index (χ0v) is 13.2. The highest BCUT2D eigenvalue weighted by Crippen LogP contribution is 2.16. The summed E-state index contributed by atoms with van der Waals surface area (Å²) >= 11 is 0. The molecule has 0 aliphatic rings. The second-order valence-electron chi connectivity index (χ2n) is 5.14. The lowest BCUT2D eigenvalue weighted by molar-refractivity contribution is 0.242. The van der Waals surface area contributed by atoms with Gasteiger partial charge in [-0.15, -0.1) is 0 Å². The molecule has 2 rings (SSSR count). The minimum atomic E-state index is 0.163. The maximum Gasteiger partial charge on any atom is 0.123 e. The number of ether oxygens (including phenoxy) is 2. The Hall–Kier alpha value is -2.49. The summed E-state index contributed by atoms with van der Waals surface area (Å²) in [4.78, 5) is 0. The van der Waals surface area contributed by atoms with Gasteiger partial charge in [0.2, 0.25) is 0 Å². The molecule has 4 heteroatoms. The Morgan fingerprint density at radius 2 is 1.95 bits per heavy atom. The number of para-hydroxylation sites is 1. The fraction of sp³-hybridized carbons (Fsp3) is 0.278. The molecule has 0 saturated heterocycles. The number of hydrogen-bond donors (Lipinski definition) is 1. The zero-order valence-electron chi connectivity index (χ0n) is 13.2. The molecule has 0 aliphatic heterocycles. The van der Waals surface area contributed by atoms with Gasteiger partial charge in [-0.3, -0.25) is 0 Å². The van der Waals surface area contributed by atoms with Crippen molar-refractivity contribution in [2.45, 2.75) is 26.5 Å². The van der Waals surface area contributed by atoms with E-state index in [0.29, 0.717) is 6.54 Å². The van der Waals surface area contributed by atoms with Gasteiger partial charge in [-0.25, -0.2) is 0 Å². The standard InChI is InChI=1S/C18H22N2O2/c1-14(2)22-17-9-6-7-15(11-17)12-19-20-13-16-8-4-5-10-18(16)21-3/h4-12,14,20H,13H2,1-3H3/b19-12+. The van der Waals surface area contributed by atoms with Crippen LogP contribution in [-0.4, -0.2) is 19.4 Å². The van der Waals surface area contributed by atoms with Gasteiger partial charge in [0.15, 0.2) is 0 Å². The maximum absolute atomic E-state index is 5.66. The molecule has 0 atom stereocenters. The Kier molecular flexibility index (Phi) is 5.83. The molecular weight excluding hydrogens is 276 g/mol. The number of hydrazone groups is 1. The van der Waals surface area contributed by atoms with Crippen molar-refractivity contribution in [2.24, 2.45) is 5.10 Å². The van der Waals surface area contributed by atoms with Gasteiger partial charge in [0.05, 0.1) is 26.0 Å². The summed E-state index contributed by atoms with van der Waals surface area (Å²) in [5, 5.41) is 4.25. The molecule has 0 spiro atoms. The molecule has 0 fully saturated rings. The minimum Gasteiger partial charge on any atom is -0.496 e. The predicted octanol–water partition coefficient (Wildman–Crippen LogP) is 3.61. The Morgan fingerprint density at radius 3 is 2.73 bits per heavy atom. The number of hydrogen-bond acceptors (Lipinski definition) is 4. The van der Waals surface area contributed by atoms with Gasteiger partial charge in [0.1, 0.15) is 11.5 Å². The van der Waals surface area contributed by atoms with Crippen molar-refractivity contribution in [2.75, 3.05) is 7.11 Å². The van der Waals surface area contributed by atoms with Crippen LogP contribution in [0.15, 0.2) is 53.6 Å². The molecule has 2 aromatic rings. The van der Waals surface area contributed by atoms with Crippen LogP contribution in [0.1, 0.15) is 25.0 Å². The Balaban J connectivity index is 1.92. The van der Waals surface area contributed by atoms with E-state index in [1.165, 1.54) is 0 Å². The van der Waals surface area contributed by atoms with E-state index in [0.717, 1.165) is 22.6 Å². The van der Waals surface area contributed by atoms with Gasteiger partial charge in [-0.1, -0.05) is 30.3 Å². The summed E-state index contributed by atoms with van der Waals surface area (Å²) in [5.41, 5.74) is 5.09. The molecule has 116 valence electrons.